The van der Waals surface area contributed by atoms with Gasteiger partial charge in [-0.3, -0.25) is 4.79 Å². The van der Waals surface area contributed by atoms with Crippen molar-refractivity contribution >= 4 is 11.7 Å². The van der Waals surface area contributed by atoms with Gasteiger partial charge in [0.05, 0.1) is 12.3 Å². The first-order valence-electron chi connectivity index (χ1n) is 11.6. The maximum absolute atomic E-state index is 12.9. The van der Waals surface area contributed by atoms with E-state index in [2.05, 4.69) is 34.0 Å². The highest BCUT2D eigenvalue weighted by Gasteiger charge is 2.29. The van der Waals surface area contributed by atoms with Crippen LogP contribution >= 0.6 is 0 Å². The zero-order valence-corrected chi connectivity index (χ0v) is 19.3. The van der Waals surface area contributed by atoms with Crippen LogP contribution in [0.25, 0.3) is 11.1 Å². The summed E-state index contributed by atoms with van der Waals surface area (Å²) in [6.45, 7) is 6.16. The number of carbonyl (C=O) groups is 1. The van der Waals surface area contributed by atoms with Crippen LogP contribution in [0.2, 0.25) is 0 Å². The lowest BCUT2D eigenvalue weighted by Gasteiger charge is -2.18. The Hall–Kier alpha value is -3.48. The van der Waals surface area contributed by atoms with Crippen molar-refractivity contribution in [2.24, 2.45) is 0 Å². The van der Waals surface area contributed by atoms with Gasteiger partial charge in [0.2, 0.25) is 5.91 Å². The lowest BCUT2D eigenvalue weighted by atomic mass is 9.96. The van der Waals surface area contributed by atoms with Gasteiger partial charge in [0, 0.05) is 43.4 Å². The summed E-state index contributed by atoms with van der Waals surface area (Å²) < 4.78 is 5.61. The van der Waals surface area contributed by atoms with Gasteiger partial charge in [-0.2, -0.15) is 0 Å². The minimum atomic E-state index is 0.190. The predicted molar refractivity (Wildman–Crippen MR) is 129 cm³/mol. The van der Waals surface area contributed by atoms with E-state index in [-0.39, 0.29) is 11.8 Å². The van der Waals surface area contributed by atoms with Crippen LogP contribution in [0.1, 0.15) is 48.9 Å². The Kier molecular flexibility index (Phi) is 7.17. The van der Waals surface area contributed by atoms with Crippen LogP contribution in [-0.2, 0) is 11.2 Å². The van der Waals surface area contributed by atoms with Crippen molar-refractivity contribution in [3.8, 4) is 16.9 Å². The first kappa shape index (κ1) is 22.7. The molecule has 1 aromatic carbocycles. The molecule has 0 aliphatic carbocycles. The highest BCUT2D eigenvalue weighted by atomic mass is 16.5. The van der Waals surface area contributed by atoms with Crippen LogP contribution in [0, 0.1) is 6.92 Å². The molecule has 1 saturated heterocycles. The molecule has 0 saturated carbocycles. The zero-order chi connectivity index (χ0) is 23.2. The molecule has 172 valence electrons. The van der Waals surface area contributed by atoms with E-state index < -0.39 is 0 Å². The third-order valence-electron chi connectivity index (χ3n) is 6.16. The monoisotopic (exact) mass is 445 g/mol. The van der Waals surface area contributed by atoms with E-state index in [9.17, 15) is 4.79 Å². The molecule has 0 radical (unpaired) electrons. The van der Waals surface area contributed by atoms with Crippen molar-refractivity contribution in [2.75, 3.05) is 25.4 Å². The van der Waals surface area contributed by atoms with Gasteiger partial charge in [-0.05, 0) is 68.0 Å². The molecule has 1 aliphatic rings. The summed E-state index contributed by atoms with van der Waals surface area (Å²) in [7, 11) is 0. The second-order valence-electron chi connectivity index (χ2n) is 8.50. The molecular formula is C26H31N5O2. The Morgan fingerprint density at radius 1 is 1.24 bits per heavy atom. The minimum Gasteiger partial charge on any atom is -0.494 e. The molecule has 1 fully saturated rings. The lowest BCUT2D eigenvalue weighted by Crippen LogP contribution is -2.28. The van der Waals surface area contributed by atoms with Crippen LogP contribution in [0.15, 0.2) is 49.1 Å². The molecular weight excluding hydrogens is 414 g/mol. The summed E-state index contributed by atoms with van der Waals surface area (Å²) in [5.41, 5.74) is 11.1. The number of hydrogen-bond acceptors (Lipinski definition) is 6. The fourth-order valence-electron chi connectivity index (χ4n) is 4.50. The molecule has 0 unspecified atom stereocenters. The van der Waals surface area contributed by atoms with Crippen molar-refractivity contribution in [1.82, 2.24) is 19.9 Å². The Labute approximate surface area is 195 Å². The Bertz CT molecular complexity index is 1120. The zero-order valence-electron chi connectivity index (χ0n) is 19.3. The number of benzene rings is 1. The highest BCUT2D eigenvalue weighted by Crippen LogP contribution is 2.33. The normalized spacial score (nSPS) is 15.6. The average molecular weight is 446 g/mol. The largest absolute Gasteiger partial charge is 0.494 e. The van der Waals surface area contributed by atoms with Crippen LogP contribution in [0.4, 0.5) is 5.82 Å². The number of anilines is 1. The molecule has 0 spiro atoms. The summed E-state index contributed by atoms with van der Waals surface area (Å²) >= 11 is 0. The van der Waals surface area contributed by atoms with Crippen molar-refractivity contribution in [3.63, 3.8) is 0 Å². The third-order valence-corrected chi connectivity index (χ3v) is 6.16. The van der Waals surface area contributed by atoms with E-state index in [4.69, 9.17) is 10.5 Å². The molecule has 7 nitrogen and oxygen atoms in total. The molecule has 1 amide bonds. The van der Waals surface area contributed by atoms with Crippen LogP contribution in [0.5, 0.6) is 5.75 Å². The number of carbonyl (C=O) groups excluding carboxylic acids is 1. The number of rotatable bonds is 8. The second kappa shape index (κ2) is 10.4. The van der Waals surface area contributed by atoms with E-state index in [0.717, 1.165) is 53.9 Å². The number of ether oxygens (including phenoxy) is 1. The van der Waals surface area contributed by atoms with Gasteiger partial charge < -0.3 is 15.4 Å². The molecule has 3 aromatic rings. The van der Waals surface area contributed by atoms with Crippen molar-refractivity contribution < 1.29 is 9.53 Å². The molecule has 2 N–H and O–H groups in total. The number of amides is 1. The van der Waals surface area contributed by atoms with Crippen LogP contribution < -0.4 is 10.5 Å². The van der Waals surface area contributed by atoms with Crippen molar-refractivity contribution in [2.45, 2.75) is 45.4 Å². The Morgan fingerprint density at radius 2 is 2.12 bits per heavy atom. The Morgan fingerprint density at radius 3 is 2.91 bits per heavy atom. The third kappa shape index (κ3) is 5.48. The predicted octanol–water partition coefficient (Wildman–Crippen LogP) is 4.17. The molecule has 0 bridgehead atoms. The first-order chi connectivity index (χ1) is 16.0. The number of pyridine rings is 1. The van der Waals surface area contributed by atoms with Gasteiger partial charge in [0.1, 0.15) is 17.9 Å². The highest BCUT2D eigenvalue weighted by molar-refractivity contribution is 5.77. The van der Waals surface area contributed by atoms with E-state index in [1.807, 2.05) is 36.2 Å². The van der Waals surface area contributed by atoms with E-state index in [0.29, 0.717) is 25.4 Å². The summed E-state index contributed by atoms with van der Waals surface area (Å²) in [5.74, 6) is 1.80. The molecule has 3 heterocycles. The van der Waals surface area contributed by atoms with Gasteiger partial charge in [0.15, 0.2) is 0 Å². The summed E-state index contributed by atoms with van der Waals surface area (Å²) in [6.07, 6.45) is 8.26. The van der Waals surface area contributed by atoms with E-state index >= 15 is 0 Å². The van der Waals surface area contributed by atoms with Gasteiger partial charge in [-0.15, -0.1) is 0 Å². The number of aryl methyl sites for hydroxylation is 2. The van der Waals surface area contributed by atoms with Gasteiger partial charge in [-0.25, -0.2) is 15.0 Å². The maximum Gasteiger partial charge on any atom is 0.222 e. The number of nitrogen functional groups attached to an aromatic ring is 1. The molecule has 1 atom stereocenters. The second-order valence-corrected chi connectivity index (χ2v) is 8.50. The van der Waals surface area contributed by atoms with E-state index in [1.165, 1.54) is 5.56 Å². The van der Waals surface area contributed by atoms with Gasteiger partial charge in [0.25, 0.3) is 0 Å². The summed E-state index contributed by atoms with van der Waals surface area (Å²) in [5, 5.41) is 0. The number of likely N-dealkylation sites (tertiary alicyclic amines) is 1. The van der Waals surface area contributed by atoms with Gasteiger partial charge >= 0.3 is 0 Å². The standard InChI is InChI=1S/C26H31N5O2/c1-3-33-23-8-7-19(13-18(23)2)5-4-6-25(32)31-12-10-21(16-31)26-22(15-28-17-30-26)20-9-11-29-24(27)14-20/h7-9,11,13-15,17,21H,3-6,10,12,16H2,1-2H3,(H2,27,29)/t21-/m1/s1. The molecule has 1 aliphatic heterocycles. The SMILES string of the molecule is CCOc1ccc(CCCC(=O)N2CC[C@@H](c3ncncc3-c3ccnc(N)c3)C2)cc1C. The number of nitrogens with two attached hydrogens (primary N) is 1. The lowest BCUT2D eigenvalue weighted by molar-refractivity contribution is -0.130. The van der Waals surface area contributed by atoms with Crippen LogP contribution in [0.3, 0.4) is 0 Å². The smallest absolute Gasteiger partial charge is 0.222 e. The first-order valence-corrected chi connectivity index (χ1v) is 11.6. The van der Waals surface area contributed by atoms with Gasteiger partial charge in [-0.1, -0.05) is 12.1 Å². The van der Waals surface area contributed by atoms with Crippen molar-refractivity contribution in [3.05, 3.63) is 65.9 Å². The number of nitrogens with zero attached hydrogens (tertiary/aromatic N) is 4. The minimum absolute atomic E-state index is 0.190. The number of hydrogen-bond donors (Lipinski definition) is 1. The molecule has 4 rings (SSSR count). The quantitative estimate of drug-likeness (QED) is 0.559. The fraction of sp³-hybridized carbons (Fsp3) is 0.385. The molecule has 33 heavy (non-hydrogen) atoms. The van der Waals surface area contributed by atoms with Crippen molar-refractivity contribution in [1.29, 1.82) is 0 Å². The fourth-order valence-corrected chi connectivity index (χ4v) is 4.50. The number of aromatic nitrogens is 3. The van der Waals surface area contributed by atoms with Crippen LogP contribution in [-0.4, -0.2) is 45.5 Å². The molecule has 2 aromatic heterocycles. The Balaban J connectivity index is 1.34. The topological polar surface area (TPSA) is 94.2 Å². The molecule has 7 heteroatoms. The maximum atomic E-state index is 12.9. The van der Waals surface area contributed by atoms with E-state index in [1.54, 1.807) is 12.5 Å². The summed E-state index contributed by atoms with van der Waals surface area (Å²) in [4.78, 5) is 27.7. The summed E-state index contributed by atoms with van der Waals surface area (Å²) in [6, 6.07) is 10.0. The average Bonchev–Trinajstić information content (AvgIpc) is 3.31.